The standard InChI is InChI=1S/C22H22N2O3/c1-23(2)18-9-5-15(6-10-18)17-13-20(27-21(14-17)22(25)26)16-7-11-19(12-8-16)24(3)4/h5-14H,1-4H3/p+1. The number of hydrogen-bond donors (Lipinski definition) is 1. The lowest BCUT2D eigenvalue weighted by atomic mass is 9.99. The highest BCUT2D eigenvalue weighted by atomic mass is 16.5. The number of anilines is 1. The van der Waals surface area contributed by atoms with Crippen LogP contribution in [0.25, 0.3) is 5.57 Å². The van der Waals surface area contributed by atoms with Crippen LogP contribution in [-0.4, -0.2) is 49.6 Å². The van der Waals surface area contributed by atoms with Gasteiger partial charge in [0.2, 0.25) is 5.76 Å². The number of ether oxygens (including phenoxy) is 1. The van der Waals surface area contributed by atoms with Gasteiger partial charge in [-0.05, 0) is 47.6 Å². The lowest BCUT2D eigenvalue weighted by Gasteiger charge is -2.18. The van der Waals surface area contributed by atoms with Crippen molar-refractivity contribution in [1.82, 2.24) is 0 Å². The summed E-state index contributed by atoms with van der Waals surface area (Å²) in [6, 6.07) is 7.97. The van der Waals surface area contributed by atoms with Crippen LogP contribution in [0.3, 0.4) is 0 Å². The normalized spacial score (nSPS) is 15.9. The highest BCUT2D eigenvalue weighted by molar-refractivity contribution is 6.02. The minimum Gasteiger partial charge on any atom is -0.475 e. The number of carbonyl (C=O) groups is 1. The maximum atomic E-state index is 11.5. The molecule has 5 nitrogen and oxygen atoms in total. The lowest BCUT2D eigenvalue weighted by molar-refractivity contribution is -0.462. The Kier molecular flexibility index (Phi) is 5.12. The SMILES string of the molecule is CN(C)c1ccc(C2=CC(=C3C=CC(=[N+](C)C)C=C3)OC(C(=O)O)=C2)cc1. The second kappa shape index (κ2) is 7.50. The van der Waals surface area contributed by atoms with Gasteiger partial charge in [-0.3, -0.25) is 0 Å². The zero-order chi connectivity index (χ0) is 19.6. The van der Waals surface area contributed by atoms with Crippen molar-refractivity contribution in [1.29, 1.82) is 0 Å². The minimum absolute atomic E-state index is 0.0872. The summed E-state index contributed by atoms with van der Waals surface area (Å²) in [5, 5.41) is 9.45. The van der Waals surface area contributed by atoms with Gasteiger partial charge in [0.25, 0.3) is 0 Å². The molecule has 0 amide bonds. The van der Waals surface area contributed by atoms with Gasteiger partial charge in [0.05, 0.1) is 0 Å². The van der Waals surface area contributed by atoms with Crippen LogP contribution in [0.15, 0.2) is 77.8 Å². The van der Waals surface area contributed by atoms with Crippen LogP contribution in [-0.2, 0) is 9.53 Å². The van der Waals surface area contributed by atoms with Crippen molar-refractivity contribution in [3.63, 3.8) is 0 Å². The molecule has 0 saturated heterocycles. The highest BCUT2D eigenvalue weighted by Gasteiger charge is 2.20. The number of nitrogens with zero attached hydrogens (tertiary/aromatic N) is 2. The molecule has 5 heteroatoms. The molecule has 138 valence electrons. The third kappa shape index (κ3) is 4.08. The van der Waals surface area contributed by atoms with Gasteiger partial charge in [0.1, 0.15) is 19.9 Å². The van der Waals surface area contributed by atoms with E-state index in [0.717, 1.165) is 28.1 Å². The fourth-order valence-corrected chi connectivity index (χ4v) is 2.79. The van der Waals surface area contributed by atoms with Gasteiger partial charge in [0.15, 0.2) is 5.71 Å². The molecule has 0 aromatic heterocycles. The topological polar surface area (TPSA) is 52.8 Å². The molecule has 1 heterocycles. The largest absolute Gasteiger partial charge is 0.475 e. The Hall–Kier alpha value is -3.34. The van der Waals surface area contributed by atoms with E-state index in [9.17, 15) is 9.90 Å². The number of carboxylic acid groups (broad SMARTS) is 1. The van der Waals surface area contributed by atoms with Crippen molar-refractivity contribution in [2.75, 3.05) is 33.1 Å². The number of aliphatic carboxylic acids is 1. The van der Waals surface area contributed by atoms with Crippen LogP contribution in [0, 0.1) is 0 Å². The minimum atomic E-state index is -1.09. The Morgan fingerprint density at radius 1 is 1.00 bits per heavy atom. The predicted molar refractivity (Wildman–Crippen MR) is 108 cm³/mol. The molecule has 0 unspecified atom stereocenters. The third-order valence-electron chi connectivity index (χ3n) is 4.39. The summed E-state index contributed by atoms with van der Waals surface area (Å²) < 4.78 is 7.63. The number of carboxylic acids is 1. The average Bonchev–Trinajstić information content (AvgIpc) is 2.67. The smallest absolute Gasteiger partial charge is 0.371 e. The molecule has 2 aliphatic rings. The molecule has 0 spiro atoms. The maximum absolute atomic E-state index is 11.5. The average molecular weight is 363 g/mol. The Bertz CT molecular complexity index is 934. The van der Waals surface area contributed by atoms with Gasteiger partial charge in [0, 0.05) is 37.5 Å². The molecule has 0 fully saturated rings. The van der Waals surface area contributed by atoms with Crippen molar-refractivity contribution in [2.45, 2.75) is 0 Å². The van der Waals surface area contributed by atoms with Crippen molar-refractivity contribution in [2.24, 2.45) is 0 Å². The maximum Gasteiger partial charge on any atom is 0.371 e. The van der Waals surface area contributed by atoms with Gasteiger partial charge in [-0.25, -0.2) is 9.37 Å². The Morgan fingerprint density at radius 2 is 1.63 bits per heavy atom. The van der Waals surface area contributed by atoms with E-state index in [1.54, 1.807) is 6.08 Å². The van der Waals surface area contributed by atoms with E-state index in [2.05, 4.69) is 0 Å². The van der Waals surface area contributed by atoms with Gasteiger partial charge in [-0.1, -0.05) is 12.1 Å². The number of rotatable bonds is 3. The van der Waals surface area contributed by atoms with E-state index < -0.39 is 5.97 Å². The molecule has 3 rings (SSSR count). The summed E-state index contributed by atoms with van der Waals surface area (Å²) in [4.78, 5) is 13.6. The van der Waals surface area contributed by atoms with Gasteiger partial charge in [-0.2, -0.15) is 0 Å². The van der Waals surface area contributed by atoms with Gasteiger partial charge < -0.3 is 14.7 Å². The molecule has 1 aromatic rings. The molecular formula is C22H23N2O3+. The molecule has 0 bridgehead atoms. The van der Waals surface area contributed by atoms with Crippen molar-refractivity contribution < 1.29 is 19.2 Å². The second-order valence-corrected chi connectivity index (χ2v) is 6.76. The first-order valence-electron chi connectivity index (χ1n) is 8.62. The van der Waals surface area contributed by atoms with Crippen molar-refractivity contribution in [3.05, 3.63) is 83.4 Å². The lowest BCUT2D eigenvalue weighted by Crippen LogP contribution is -2.12. The summed E-state index contributed by atoms with van der Waals surface area (Å²) in [7, 11) is 7.91. The van der Waals surface area contributed by atoms with Crippen LogP contribution in [0.4, 0.5) is 5.69 Å². The van der Waals surface area contributed by atoms with Crippen LogP contribution in [0.2, 0.25) is 0 Å². The first-order chi connectivity index (χ1) is 12.8. The Morgan fingerprint density at radius 3 is 2.15 bits per heavy atom. The van der Waals surface area contributed by atoms with Crippen molar-refractivity contribution in [3.8, 4) is 0 Å². The highest BCUT2D eigenvalue weighted by Crippen LogP contribution is 2.30. The number of allylic oxidation sites excluding steroid dienone is 8. The fraction of sp³-hybridized carbons (Fsp3) is 0.182. The molecule has 0 saturated carbocycles. The Labute approximate surface area is 159 Å². The summed E-state index contributed by atoms with van der Waals surface area (Å²) in [5.41, 5.74) is 4.71. The van der Waals surface area contributed by atoms with E-state index in [4.69, 9.17) is 4.74 Å². The fourth-order valence-electron chi connectivity index (χ4n) is 2.79. The van der Waals surface area contributed by atoms with Gasteiger partial charge in [-0.15, -0.1) is 0 Å². The molecule has 1 aliphatic carbocycles. The molecule has 1 aromatic carbocycles. The molecule has 0 atom stereocenters. The quantitative estimate of drug-likeness (QED) is 0.838. The van der Waals surface area contributed by atoms with E-state index in [0.29, 0.717) is 5.76 Å². The second-order valence-electron chi connectivity index (χ2n) is 6.76. The van der Waals surface area contributed by atoms with Crippen LogP contribution >= 0.6 is 0 Å². The van der Waals surface area contributed by atoms with E-state index in [-0.39, 0.29) is 5.76 Å². The predicted octanol–water partition coefficient (Wildman–Crippen LogP) is 3.23. The van der Waals surface area contributed by atoms with Crippen molar-refractivity contribution >= 4 is 22.9 Å². The Balaban J connectivity index is 2.03. The van der Waals surface area contributed by atoms with Gasteiger partial charge >= 0.3 is 5.97 Å². The first-order valence-corrected chi connectivity index (χ1v) is 8.62. The summed E-state index contributed by atoms with van der Waals surface area (Å²) in [6.07, 6.45) is 11.2. The van der Waals surface area contributed by atoms with E-state index in [1.165, 1.54) is 0 Å². The first kappa shape index (κ1) is 18.5. The number of benzene rings is 1. The van der Waals surface area contributed by atoms with Crippen LogP contribution in [0.5, 0.6) is 0 Å². The molecule has 1 N–H and O–H groups in total. The molecule has 1 aliphatic heterocycles. The van der Waals surface area contributed by atoms with Crippen LogP contribution in [0.1, 0.15) is 5.56 Å². The summed E-state index contributed by atoms with van der Waals surface area (Å²) in [6.45, 7) is 0. The molecule has 27 heavy (non-hydrogen) atoms. The van der Waals surface area contributed by atoms with E-state index in [1.807, 2.05) is 92.3 Å². The molecule has 0 radical (unpaired) electrons. The van der Waals surface area contributed by atoms with E-state index >= 15 is 0 Å². The molecular weight excluding hydrogens is 340 g/mol. The summed E-state index contributed by atoms with van der Waals surface area (Å²) in [5.74, 6) is -0.657. The number of hydrogen-bond acceptors (Lipinski definition) is 3. The third-order valence-corrected chi connectivity index (χ3v) is 4.39. The zero-order valence-corrected chi connectivity index (χ0v) is 15.9. The monoisotopic (exact) mass is 363 g/mol. The summed E-state index contributed by atoms with van der Waals surface area (Å²) >= 11 is 0. The zero-order valence-electron chi connectivity index (χ0n) is 15.9. The van der Waals surface area contributed by atoms with Crippen LogP contribution < -0.4 is 4.90 Å².